The molecule has 1 heterocycles. The van der Waals surface area contributed by atoms with E-state index in [0.717, 1.165) is 23.5 Å². The number of ether oxygens (including phenoxy) is 1. The Morgan fingerprint density at radius 2 is 2.25 bits per heavy atom. The van der Waals surface area contributed by atoms with Gasteiger partial charge in [0.05, 0.1) is 12.2 Å². The first-order valence-electron chi connectivity index (χ1n) is 5.62. The van der Waals surface area contributed by atoms with Crippen LogP contribution in [-0.2, 0) is 0 Å². The molecule has 0 aromatic heterocycles. The van der Waals surface area contributed by atoms with Gasteiger partial charge in [0.15, 0.2) is 5.78 Å². The largest absolute Gasteiger partial charge is 0.484 e. The highest BCUT2D eigenvalue weighted by Gasteiger charge is 2.26. The number of benzene rings is 1. The smallest absolute Gasteiger partial charge is 0.162 e. The number of rotatable bonds is 2. The number of anilines is 1. The first-order valence-corrected chi connectivity index (χ1v) is 5.62. The lowest BCUT2D eigenvalue weighted by molar-refractivity contribution is 0.0982. The maximum absolute atomic E-state index is 11.6. The average Bonchev–Trinajstić information content (AvgIpc) is 2.25. The quantitative estimate of drug-likeness (QED) is 0.777. The van der Waals surface area contributed by atoms with Crippen LogP contribution >= 0.6 is 0 Å². The molecule has 2 rings (SSSR count). The number of nitrogens with one attached hydrogen (secondary N) is 1. The van der Waals surface area contributed by atoms with Gasteiger partial charge in [0, 0.05) is 12.0 Å². The first-order chi connectivity index (χ1) is 7.52. The van der Waals surface area contributed by atoms with Gasteiger partial charge in [-0.3, -0.25) is 4.79 Å². The molecule has 16 heavy (non-hydrogen) atoms. The molecule has 0 saturated carbocycles. The van der Waals surface area contributed by atoms with E-state index in [4.69, 9.17) is 4.74 Å². The van der Waals surface area contributed by atoms with Crippen molar-refractivity contribution in [2.45, 2.75) is 32.8 Å². The van der Waals surface area contributed by atoms with Crippen LogP contribution < -0.4 is 10.1 Å². The summed E-state index contributed by atoms with van der Waals surface area (Å²) in [6, 6.07) is 5.59. The lowest BCUT2D eigenvalue weighted by Crippen LogP contribution is -2.40. The maximum atomic E-state index is 11.6. The van der Waals surface area contributed by atoms with E-state index in [9.17, 15) is 4.79 Å². The third-order valence-corrected chi connectivity index (χ3v) is 2.72. The summed E-state index contributed by atoms with van der Waals surface area (Å²) in [4.78, 5) is 11.6. The predicted octanol–water partition coefficient (Wildman–Crippen LogP) is 2.86. The van der Waals surface area contributed by atoms with Crippen LogP contribution in [0.5, 0.6) is 5.75 Å². The Morgan fingerprint density at radius 3 is 2.94 bits per heavy atom. The summed E-state index contributed by atoms with van der Waals surface area (Å²) >= 11 is 0. The Labute approximate surface area is 95.8 Å². The van der Waals surface area contributed by atoms with Gasteiger partial charge in [-0.25, -0.2) is 0 Å². The second kappa shape index (κ2) is 3.81. The minimum Gasteiger partial charge on any atom is -0.484 e. The monoisotopic (exact) mass is 219 g/mol. The maximum Gasteiger partial charge on any atom is 0.162 e. The van der Waals surface area contributed by atoms with Crippen molar-refractivity contribution in [2.24, 2.45) is 0 Å². The summed E-state index contributed by atoms with van der Waals surface area (Å²) in [7, 11) is 0. The summed E-state index contributed by atoms with van der Waals surface area (Å²) in [5.74, 6) is 0.922. The number of carbonyl (C=O) groups is 1. The average molecular weight is 219 g/mol. The van der Waals surface area contributed by atoms with Crippen LogP contribution in [0.4, 0.5) is 5.69 Å². The summed E-state index contributed by atoms with van der Waals surface area (Å²) < 4.78 is 5.84. The zero-order valence-electron chi connectivity index (χ0n) is 9.96. The SMILES string of the molecule is CCC(=O)c1ccc2c(c1)OC(C)(C)CN2. The molecular weight excluding hydrogens is 202 g/mol. The lowest BCUT2D eigenvalue weighted by atomic mass is 10.0. The minimum atomic E-state index is -0.221. The molecule has 1 N–H and O–H groups in total. The van der Waals surface area contributed by atoms with Crippen molar-refractivity contribution < 1.29 is 9.53 Å². The topological polar surface area (TPSA) is 38.3 Å². The molecule has 1 aliphatic heterocycles. The van der Waals surface area contributed by atoms with Crippen LogP contribution in [-0.4, -0.2) is 17.9 Å². The van der Waals surface area contributed by atoms with E-state index in [-0.39, 0.29) is 11.4 Å². The number of ketones is 1. The van der Waals surface area contributed by atoms with Gasteiger partial charge in [0.1, 0.15) is 11.4 Å². The van der Waals surface area contributed by atoms with Gasteiger partial charge in [0.2, 0.25) is 0 Å². The van der Waals surface area contributed by atoms with E-state index in [1.165, 1.54) is 0 Å². The Bertz CT molecular complexity index is 424. The molecule has 0 atom stereocenters. The Morgan fingerprint density at radius 1 is 1.50 bits per heavy atom. The van der Waals surface area contributed by atoms with Crippen molar-refractivity contribution in [1.29, 1.82) is 0 Å². The van der Waals surface area contributed by atoms with Gasteiger partial charge in [-0.1, -0.05) is 6.92 Å². The molecule has 3 heteroatoms. The molecule has 0 bridgehead atoms. The fraction of sp³-hybridized carbons (Fsp3) is 0.462. The van der Waals surface area contributed by atoms with Crippen LogP contribution in [0.15, 0.2) is 18.2 Å². The molecule has 0 aliphatic carbocycles. The molecule has 1 aromatic carbocycles. The predicted molar refractivity (Wildman–Crippen MR) is 64.3 cm³/mol. The fourth-order valence-electron chi connectivity index (χ4n) is 1.77. The van der Waals surface area contributed by atoms with Crippen molar-refractivity contribution in [3.05, 3.63) is 23.8 Å². The molecule has 86 valence electrons. The highest BCUT2D eigenvalue weighted by atomic mass is 16.5. The molecule has 0 fully saturated rings. The van der Waals surface area contributed by atoms with Crippen molar-refractivity contribution >= 4 is 11.5 Å². The Kier molecular flexibility index (Phi) is 2.62. The number of hydrogen-bond acceptors (Lipinski definition) is 3. The molecule has 0 saturated heterocycles. The van der Waals surface area contributed by atoms with Crippen molar-refractivity contribution in [1.82, 2.24) is 0 Å². The molecule has 0 unspecified atom stereocenters. The molecular formula is C13H17NO2. The number of hydrogen-bond donors (Lipinski definition) is 1. The summed E-state index contributed by atoms with van der Waals surface area (Å²) in [6.45, 7) is 6.69. The highest BCUT2D eigenvalue weighted by Crippen LogP contribution is 2.33. The van der Waals surface area contributed by atoms with E-state index >= 15 is 0 Å². The van der Waals surface area contributed by atoms with E-state index in [1.54, 1.807) is 0 Å². The van der Waals surface area contributed by atoms with E-state index in [2.05, 4.69) is 5.32 Å². The summed E-state index contributed by atoms with van der Waals surface area (Å²) in [5.41, 5.74) is 1.47. The van der Waals surface area contributed by atoms with Crippen molar-refractivity contribution in [3.63, 3.8) is 0 Å². The van der Waals surface area contributed by atoms with Gasteiger partial charge in [-0.2, -0.15) is 0 Å². The summed E-state index contributed by atoms with van der Waals surface area (Å²) in [6.07, 6.45) is 0.523. The minimum absolute atomic E-state index is 0.148. The van der Waals surface area contributed by atoms with Crippen LogP contribution in [0, 0.1) is 0 Å². The number of carbonyl (C=O) groups excluding carboxylic acids is 1. The van der Waals surface area contributed by atoms with Gasteiger partial charge in [-0.05, 0) is 32.0 Å². The van der Waals surface area contributed by atoms with Crippen LogP contribution in [0.2, 0.25) is 0 Å². The van der Waals surface area contributed by atoms with E-state index in [0.29, 0.717) is 6.42 Å². The van der Waals surface area contributed by atoms with E-state index < -0.39 is 0 Å². The molecule has 3 nitrogen and oxygen atoms in total. The second-order valence-electron chi connectivity index (χ2n) is 4.70. The zero-order chi connectivity index (χ0) is 11.8. The normalized spacial score (nSPS) is 16.9. The van der Waals surface area contributed by atoms with Gasteiger partial charge in [0.25, 0.3) is 0 Å². The Balaban J connectivity index is 2.34. The second-order valence-corrected chi connectivity index (χ2v) is 4.70. The number of fused-ring (bicyclic) bond motifs is 1. The van der Waals surface area contributed by atoms with Gasteiger partial charge >= 0.3 is 0 Å². The molecule has 0 spiro atoms. The molecule has 1 aromatic rings. The fourth-order valence-corrected chi connectivity index (χ4v) is 1.77. The standard InChI is InChI=1S/C13H17NO2/c1-4-11(15)9-5-6-10-12(7-9)16-13(2,3)8-14-10/h5-7,14H,4,8H2,1-3H3. The van der Waals surface area contributed by atoms with Crippen LogP contribution in [0.3, 0.4) is 0 Å². The van der Waals surface area contributed by atoms with E-state index in [1.807, 2.05) is 39.0 Å². The third-order valence-electron chi connectivity index (χ3n) is 2.72. The zero-order valence-corrected chi connectivity index (χ0v) is 9.96. The number of Topliss-reactive ketones (excluding diaryl/α,β-unsaturated/α-hetero) is 1. The lowest BCUT2D eigenvalue weighted by Gasteiger charge is -2.33. The molecule has 0 radical (unpaired) electrons. The summed E-state index contributed by atoms with van der Waals surface area (Å²) in [5, 5.41) is 3.30. The van der Waals surface area contributed by atoms with Crippen molar-refractivity contribution in [2.75, 3.05) is 11.9 Å². The van der Waals surface area contributed by atoms with Crippen molar-refractivity contribution in [3.8, 4) is 5.75 Å². The first kappa shape index (κ1) is 11.0. The third kappa shape index (κ3) is 2.03. The van der Waals surface area contributed by atoms with Crippen LogP contribution in [0.25, 0.3) is 0 Å². The van der Waals surface area contributed by atoms with Crippen LogP contribution in [0.1, 0.15) is 37.6 Å². The Hall–Kier alpha value is -1.51. The molecule has 0 amide bonds. The molecule has 1 aliphatic rings. The van der Waals surface area contributed by atoms with Gasteiger partial charge in [-0.15, -0.1) is 0 Å². The van der Waals surface area contributed by atoms with Gasteiger partial charge < -0.3 is 10.1 Å². The highest BCUT2D eigenvalue weighted by molar-refractivity contribution is 5.96.